The molecule has 2 aromatic rings. The topological polar surface area (TPSA) is 62.5 Å². The highest BCUT2D eigenvalue weighted by Crippen LogP contribution is 2.08. The molecule has 0 bridgehead atoms. The third-order valence-corrected chi connectivity index (χ3v) is 3.33. The molecule has 2 N–H and O–H groups in total. The average Bonchev–Trinajstić information content (AvgIpc) is 2.80. The molecule has 124 valence electrons. The number of oxazole rings is 1. The van der Waals surface area contributed by atoms with Gasteiger partial charge in [-0.15, -0.1) is 0 Å². The van der Waals surface area contributed by atoms with Crippen molar-refractivity contribution in [2.45, 2.75) is 26.8 Å². The lowest BCUT2D eigenvalue weighted by atomic mass is 10.1. The quantitative estimate of drug-likeness (QED) is 0.656. The molecule has 0 spiro atoms. The maximum atomic E-state index is 13.1. The summed E-state index contributed by atoms with van der Waals surface area (Å²) >= 11 is 0. The maximum Gasteiger partial charge on any atom is 0.214 e. The number of aryl methyl sites for hydroxylation is 2. The van der Waals surface area contributed by atoms with Crippen LogP contribution in [0.25, 0.3) is 0 Å². The molecule has 0 atom stereocenters. The van der Waals surface area contributed by atoms with Gasteiger partial charge in [0.05, 0.1) is 12.2 Å². The number of rotatable bonds is 5. The Hall–Kier alpha value is -2.44. The Balaban J connectivity index is 1.81. The van der Waals surface area contributed by atoms with Crippen LogP contribution in [0.2, 0.25) is 0 Å². The van der Waals surface area contributed by atoms with Crippen LogP contribution in [0.4, 0.5) is 8.78 Å². The highest BCUT2D eigenvalue weighted by molar-refractivity contribution is 5.79. The van der Waals surface area contributed by atoms with E-state index in [2.05, 4.69) is 20.6 Å². The summed E-state index contributed by atoms with van der Waals surface area (Å²) in [5.74, 6) is 0.790. The van der Waals surface area contributed by atoms with Crippen molar-refractivity contribution in [1.82, 2.24) is 15.6 Å². The molecule has 0 radical (unpaired) electrons. The van der Waals surface area contributed by atoms with Gasteiger partial charge in [0.15, 0.2) is 5.96 Å². The minimum atomic E-state index is -0.572. The van der Waals surface area contributed by atoms with Gasteiger partial charge in [0.25, 0.3) is 0 Å². The highest BCUT2D eigenvalue weighted by atomic mass is 19.1. The van der Waals surface area contributed by atoms with Gasteiger partial charge in [0, 0.05) is 19.7 Å². The first-order valence-corrected chi connectivity index (χ1v) is 7.30. The molecule has 0 unspecified atom stereocenters. The largest absolute Gasteiger partial charge is 0.444 e. The van der Waals surface area contributed by atoms with Gasteiger partial charge in [-0.1, -0.05) is 0 Å². The lowest BCUT2D eigenvalue weighted by Crippen LogP contribution is -2.37. The molecule has 5 nitrogen and oxygen atoms in total. The summed E-state index contributed by atoms with van der Waals surface area (Å²) in [7, 11) is 1.64. The number of benzene rings is 1. The minimum absolute atomic E-state index is 0.406. The second-order valence-electron chi connectivity index (χ2n) is 5.13. The van der Waals surface area contributed by atoms with Gasteiger partial charge < -0.3 is 15.1 Å². The summed E-state index contributed by atoms with van der Waals surface area (Å²) in [6.45, 7) is 4.64. The van der Waals surface area contributed by atoms with Gasteiger partial charge in [-0.25, -0.2) is 13.8 Å². The van der Waals surface area contributed by atoms with Crippen molar-refractivity contribution >= 4 is 5.96 Å². The van der Waals surface area contributed by atoms with E-state index in [9.17, 15) is 8.78 Å². The van der Waals surface area contributed by atoms with Crippen molar-refractivity contribution in [2.75, 3.05) is 13.6 Å². The third kappa shape index (κ3) is 5.05. The molecule has 0 aliphatic rings. The molecule has 1 heterocycles. The predicted molar refractivity (Wildman–Crippen MR) is 84.2 cm³/mol. The van der Waals surface area contributed by atoms with E-state index in [1.807, 2.05) is 13.8 Å². The normalized spacial score (nSPS) is 11.6. The van der Waals surface area contributed by atoms with Crippen LogP contribution in [0.1, 0.15) is 22.9 Å². The van der Waals surface area contributed by atoms with Crippen LogP contribution >= 0.6 is 0 Å². The molecule has 0 aliphatic carbocycles. The van der Waals surface area contributed by atoms with E-state index >= 15 is 0 Å². The van der Waals surface area contributed by atoms with E-state index in [1.165, 1.54) is 12.1 Å². The van der Waals surface area contributed by atoms with Gasteiger partial charge in [0.1, 0.15) is 17.4 Å². The molecule has 0 amide bonds. The number of aromatic nitrogens is 1. The summed E-state index contributed by atoms with van der Waals surface area (Å²) in [4.78, 5) is 8.34. The fraction of sp³-hybridized carbons (Fsp3) is 0.375. The minimum Gasteiger partial charge on any atom is -0.444 e. The van der Waals surface area contributed by atoms with E-state index in [0.717, 1.165) is 17.5 Å². The summed E-state index contributed by atoms with van der Waals surface area (Å²) in [6.07, 6.45) is 0.479. The van der Waals surface area contributed by atoms with Crippen molar-refractivity contribution < 1.29 is 13.2 Å². The number of halogens is 2. The molecule has 1 aromatic carbocycles. The molecular weight excluding hydrogens is 302 g/mol. The van der Waals surface area contributed by atoms with Crippen LogP contribution in [0.3, 0.4) is 0 Å². The average molecular weight is 322 g/mol. The Bertz CT molecular complexity index is 658. The zero-order chi connectivity index (χ0) is 16.8. The molecular formula is C16H20F2N4O. The standard InChI is InChI=1S/C16H20F2N4O/c1-10-11(2)23-15(22-10)9-21-16(19-3)20-5-4-12-6-13(17)8-14(18)7-12/h6-8H,4-5,9H2,1-3H3,(H2,19,20,21). The van der Waals surface area contributed by atoms with E-state index in [-0.39, 0.29) is 0 Å². The molecule has 2 rings (SSSR count). The zero-order valence-corrected chi connectivity index (χ0v) is 13.4. The van der Waals surface area contributed by atoms with Gasteiger partial charge in [-0.2, -0.15) is 0 Å². The summed E-state index contributed by atoms with van der Waals surface area (Å²) in [5.41, 5.74) is 1.45. The van der Waals surface area contributed by atoms with E-state index in [1.54, 1.807) is 7.05 Å². The van der Waals surface area contributed by atoms with Crippen LogP contribution in [-0.4, -0.2) is 24.5 Å². The molecule has 0 saturated heterocycles. The van der Waals surface area contributed by atoms with Gasteiger partial charge in [-0.3, -0.25) is 4.99 Å². The number of guanidine groups is 1. The predicted octanol–water partition coefficient (Wildman–Crippen LogP) is 2.48. The molecule has 0 aliphatic heterocycles. The van der Waals surface area contributed by atoms with Crippen molar-refractivity contribution in [1.29, 1.82) is 0 Å². The SMILES string of the molecule is CN=C(NCCc1cc(F)cc(F)c1)NCc1nc(C)c(C)o1. The van der Waals surface area contributed by atoms with E-state index in [4.69, 9.17) is 4.42 Å². The Morgan fingerprint density at radius 2 is 1.87 bits per heavy atom. The Labute approximate surface area is 133 Å². The number of hydrogen-bond donors (Lipinski definition) is 2. The lowest BCUT2D eigenvalue weighted by molar-refractivity contribution is 0.463. The second-order valence-corrected chi connectivity index (χ2v) is 5.13. The number of aliphatic imine (C=N–C) groups is 1. The maximum absolute atomic E-state index is 13.1. The third-order valence-electron chi connectivity index (χ3n) is 3.33. The Morgan fingerprint density at radius 3 is 2.43 bits per heavy atom. The number of nitrogens with zero attached hydrogens (tertiary/aromatic N) is 2. The highest BCUT2D eigenvalue weighted by Gasteiger charge is 2.06. The van der Waals surface area contributed by atoms with Gasteiger partial charge >= 0.3 is 0 Å². The Kier molecular flexibility index (Phi) is 5.67. The first-order valence-electron chi connectivity index (χ1n) is 7.30. The summed E-state index contributed by atoms with van der Waals surface area (Å²) in [5, 5.41) is 6.14. The van der Waals surface area contributed by atoms with E-state index in [0.29, 0.717) is 36.9 Å². The smallest absolute Gasteiger partial charge is 0.214 e. The van der Waals surface area contributed by atoms with Crippen LogP contribution in [0.15, 0.2) is 27.6 Å². The van der Waals surface area contributed by atoms with Crippen molar-refractivity contribution in [3.63, 3.8) is 0 Å². The van der Waals surface area contributed by atoms with Crippen LogP contribution in [0, 0.1) is 25.5 Å². The molecule has 0 saturated carbocycles. The summed E-state index contributed by atoms with van der Waals surface area (Å²) < 4.78 is 31.7. The second kappa shape index (κ2) is 7.71. The first-order chi connectivity index (χ1) is 11.0. The molecule has 7 heteroatoms. The Morgan fingerprint density at radius 1 is 1.17 bits per heavy atom. The molecule has 1 aromatic heterocycles. The van der Waals surface area contributed by atoms with Gasteiger partial charge in [0.2, 0.25) is 5.89 Å². The van der Waals surface area contributed by atoms with E-state index < -0.39 is 11.6 Å². The monoisotopic (exact) mass is 322 g/mol. The van der Waals surface area contributed by atoms with Crippen LogP contribution in [0.5, 0.6) is 0 Å². The van der Waals surface area contributed by atoms with Crippen LogP contribution < -0.4 is 10.6 Å². The zero-order valence-electron chi connectivity index (χ0n) is 13.4. The van der Waals surface area contributed by atoms with Gasteiger partial charge in [-0.05, 0) is 38.0 Å². The van der Waals surface area contributed by atoms with Crippen LogP contribution in [-0.2, 0) is 13.0 Å². The van der Waals surface area contributed by atoms with Crippen molar-refractivity contribution in [3.05, 3.63) is 52.7 Å². The molecule has 0 fully saturated rings. The summed E-state index contributed by atoms with van der Waals surface area (Å²) in [6, 6.07) is 3.50. The first kappa shape index (κ1) is 16.9. The van der Waals surface area contributed by atoms with Crippen molar-refractivity contribution in [2.24, 2.45) is 4.99 Å². The lowest BCUT2D eigenvalue weighted by Gasteiger charge is -2.10. The number of hydrogen-bond acceptors (Lipinski definition) is 3. The van der Waals surface area contributed by atoms with Crippen molar-refractivity contribution in [3.8, 4) is 0 Å². The number of nitrogens with one attached hydrogen (secondary N) is 2. The molecule has 23 heavy (non-hydrogen) atoms. The fourth-order valence-electron chi connectivity index (χ4n) is 2.08. The fourth-order valence-corrected chi connectivity index (χ4v) is 2.08.